The fourth-order valence-corrected chi connectivity index (χ4v) is 3.78. The zero-order chi connectivity index (χ0) is 17.9. The van der Waals surface area contributed by atoms with Crippen molar-refractivity contribution in [1.29, 1.82) is 0 Å². The van der Waals surface area contributed by atoms with E-state index in [1.165, 1.54) is 12.1 Å². The van der Waals surface area contributed by atoms with Crippen LogP contribution in [0.25, 0.3) is 0 Å². The maximum absolute atomic E-state index is 12.3. The number of nitrogens with one attached hydrogen (secondary N) is 2. The highest BCUT2D eigenvalue weighted by molar-refractivity contribution is 9.10. The Morgan fingerprint density at radius 3 is 2.28 bits per heavy atom. The Morgan fingerprint density at radius 1 is 1.04 bits per heavy atom. The van der Waals surface area contributed by atoms with E-state index >= 15 is 0 Å². The van der Waals surface area contributed by atoms with Gasteiger partial charge in [0.25, 0.3) is 15.9 Å². The van der Waals surface area contributed by atoms with Gasteiger partial charge in [0.2, 0.25) is 0 Å². The second-order valence-corrected chi connectivity index (χ2v) is 8.23. The van der Waals surface area contributed by atoms with Gasteiger partial charge in [-0.15, -0.1) is 0 Å². The summed E-state index contributed by atoms with van der Waals surface area (Å²) in [5.74, 6) is -0.180. The zero-order valence-electron chi connectivity index (χ0n) is 13.2. The van der Waals surface area contributed by atoms with Crippen molar-refractivity contribution in [3.05, 3.63) is 53.0 Å². The van der Waals surface area contributed by atoms with Gasteiger partial charge in [0, 0.05) is 22.5 Å². The van der Waals surface area contributed by atoms with Gasteiger partial charge in [0.05, 0.1) is 4.90 Å². The normalized spacial score (nSPS) is 17.2. The highest BCUT2D eigenvalue weighted by Crippen LogP contribution is 2.21. The van der Waals surface area contributed by atoms with Crippen LogP contribution in [0.5, 0.6) is 0 Å². The fraction of sp³-hybridized carbons (Fsp3) is 0.235. The first-order valence-corrected chi connectivity index (χ1v) is 10.0. The largest absolute Gasteiger partial charge is 0.368 e. The number of anilines is 2. The average molecular weight is 425 g/mol. The van der Waals surface area contributed by atoms with E-state index in [4.69, 9.17) is 4.74 Å². The SMILES string of the molecule is O=C(Nc1ccc(NS(=O)(=O)c2ccc(Br)cc2)cc1)[C@@H]1CCCO1. The summed E-state index contributed by atoms with van der Waals surface area (Å²) in [4.78, 5) is 12.2. The molecule has 8 heteroatoms. The molecule has 1 heterocycles. The van der Waals surface area contributed by atoms with Crippen molar-refractivity contribution in [3.63, 3.8) is 0 Å². The van der Waals surface area contributed by atoms with Gasteiger partial charge in [0.15, 0.2) is 0 Å². The Balaban J connectivity index is 1.65. The van der Waals surface area contributed by atoms with Crippen molar-refractivity contribution < 1.29 is 17.9 Å². The maximum Gasteiger partial charge on any atom is 0.261 e. The Morgan fingerprint density at radius 2 is 1.68 bits per heavy atom. The predicted molar refractivity (Wildman–Crippen MR) is 99.0 cm³/mol. The smallest absolute Gasteiger partial charge is 0.261 e. The molecule has 0 bridgehead atoms. The summed E-state index contributed by atoms with van der Waals surface area (Å²) in [7, 11) is -3.66. The monoisotopic (exact) mass is 424 g/mol. The van der Waals surface area contributed by atoms with Crippen molar-refractivity contribution in [2.75, 3.05) is 16.6 Å². The number of hydrogen-bond acceptors (Lipinski definition) is 4. The summed E-state index contributed by atoms with van der Waals surface area (Å²) in [6.07, 6.45) is 1.20. The van der Waals surface area contributed by atoms with Crippen LogP contribution in [0.4, 0.5) is 11.4 Å². The van der Waals surface area contributed by atoms with Gasteiger partial charge >= 0.3 is 0 Å². The molecule has 25 heavy (non-hydrogen) atoms. The van der Waals surface area contributed by atoms with Crippen LogP contribution >= 0.6 is 15.9 Å². The van der Waals surface area contributed by atoms with Crippen molar-refractivity contribution in [2.45, 2.75) is 23.8 Å². The van der Waals surface area contributed by atoms with Gasteiger partial charge in [-0.05, 0) is 61.4 Å². The molecule has 3 rings (SSSR count). The number of carbonyl (C=O) groups excluding carboxylic acids is 1. The first-order chi connectivity index (χ1) is 11.9. The summed E-state index contributed by atoms with van der Waals surface area (Å²) in [6.45, 7) is 0.606. The molecule has 1 aliphatic heterocycles. The molecule has 132 valence electrons. The molecule has 0 unspecified atom stereocenters. The Hall–Kier alpha value is -1.90. The Labute approximate surface area is 154 Å². The molecule has 0 radical (unpaired) electrons. The molecule has 0 aromatic heterocycles. The van der Waals surface area contributed by atoms with Gasteiger partial charge in [-0.1, -0.05) is 15.9 Å². The molecule has 0 saturated carbocycles. The molecule has 2 aromatic rings. The number of rotatable bonds is 5. The summed E-state index contributed by atoms with van der Waals surface area (Å²) in [5, 5.41) is 2.77. The quantitative estimate of drug-likeness (QED) is 0.770. The third-order valence-corrected chi connectivity index (χ3v) is 5.68. The van der Waals surface area contributed by atoms with Crippen LogP contribution in [0.3, 0.4) is 0 Å². The van der Waals surface area contributed by atoms with Crippen LogP contribution in [0, 0.1) is 0 Å². The number of carbonyl (C=O) groups is 1. The molecular formula is C17H17BrN2O4S. The number of amides is 1. The summed E-state index contributed by atoms with van der Waals surface area (Å²) in [5.41, 5.74) is 1.00. The van der Waals surface area contributed by atoms with E-state index in [0.717, 1.165) is 17.3 Å². The Kier molecular flexibility index (Phi) is 5.41. The third-order valence-electron chi connectivity index (χ3n) is 3.75. The number of ether oxygens (including phenoxy) is 1. The van der Waals surface area contributed by atoms with Crippen molar-refractivity contribution in [3.8, 4) is 0 Å². The van der Waals surface area contributed by atoms with Gasteiger partial charge in [-0.2, -0.15) is 0 Å². The predicted octanol–water partition coefficient (Wildman–Crippen LogP) is 3.37. The number of hydrogen-bond donors (Lipinski definition) is 2. The van der Waals surface area contributed by atoms with Crippen molar-refractivity contribution >= 4 is 43.2 Å². The van der Waals surface area contributed by atoms with E-state index in [2.05, 4.69) is 26.0 Å². The second-order valence-electron chi connectivity index (χ2n) is 5.63. The van der Waals surface area contributed by atoms with Crippen LogP contribution in [-0.2, 0) is 19.6 Å². The lowest BCUT2D eigenvalue weighted by molar-refractivity contribution is -0.124. The van der Waals surface area contributed by atoms with E-state index < -0.39 is 16.1 Å². The number of benzene rings is 2. The van der Waals surface area contributed by atoms with E-state index in [-0.39, 0.29) is 10.8 Å². The van der Waals surface area contributed by atoms with Gasteiger partial charge in [0.1, 0.15) is 6.10 Å². The van der Waals surface area contributed by atoms with Crippen LogP contribution in [0.2, 0.25) is 0 Å². The lowest BCUT2D eigenvalue weighted by atomic mass is 10.2. The zero-order valence-corrected chi connectivity index (χ0v) is 15.6. The number of halogens is 1. The molecule has 1 saturated heterocycles. The molecule has 1 aliphatic rings. The van der Waals surface area contributed by atoms with Gasteiger partial charge < -0.3 is 10.1 Å². The topological polar surface area (TPSA) is 84.5 Å². The summed E-state index contributed by atoms with van der Waals surface area (Å²) >= 11 is 3.27. The molecular weight excluding hydrogens is 408 g/mol. The lowest BCUT2D eigenvalue weighted by Crippen LogP contribution is -2.26. The van der Waals surface area contributed by atoms with Crippen LogP contribution < -0.4 is 10.0 Å². The number of sulfonamides is 1. The van der Waals surface area contributed by atoms with Gasteiger partial charge in [-0.3, -0.25) is 9.52 Å². The molecule has 0 spiro atoms. The third kappa shape index (κ3) is 4.59. The summed E-state index contributed by atoms with van der Waals surface area (Å²) in [6, 6.07) is 12.9. The second kappa shape index (κ2) is 7.55. The minimum absolute atomic E-state index is 0.173. The molecule has 2 N–H and O–H groups in total. The molecule has 1 fully saturated rings. The van der Waals surface area contributed by atoms with E-state index in [1.54, 1.807) is 36.4 Å². The highest BCUT2D eigenvalue weighted by Gasteiger charge is 2.23. The standard InChI is InChI=1S/C17H17BrN2O4S/c18-12-3-9-15(10-4-12)25(22,23)20-14-7-5-13(6-8-14)19-17(21)16-2-1-11-24-16/h3-10,16,20H,1-2,11H2,(H,19,21)/t16-/m0/s1. The first-order valence-electron chi connectivity index (χ1n) is 7.75. The Bertz CT molecular complexity index is 845. The maximum atomic E-state index is 12.3. The van der Waals surface area contributed by atoms with Crippen LogP contribution in [0.15, 0.2) is 57.9 Å². The van der Waals surface area contributed by atoms with Crippen LogP contribution in [-0.4, -0.2) is 27.0 Å². The van der Waals surface area contributed by atoms with Crippen molar-refractivity contribution in [1.82, 2.24) is 0 Å². The van der Waals surface area contributed by atoms with Crippen molar-refractivity contribution in [2.24, 2.45) is 0 Å². The highest BCUT2D eigenvalue weighted by atomic mass is 79.9. The fourth-order valence-electron chi connectivity index (χ4n) is 2.46. The first kappa shape index (κ1) is 17.9. The molecule has 0 aliphatic carbocycles. The molecule has 1 atom stereocenters. The van der Waals surface area contributed by atoms with E-state index in [0.29, 0.717) is 18.0 Å². The van der Waals surface area contributed by atoms with E-state index in [1.807, 2.05) is 0 Å². The molecule has 6 nitrogen and oxygen atoms in total. The molecule has 1 amide bonds. The molecule has 2 aromatic carbocycles. The summed E-state index contributed by atoms with van der Waals surface area (Å²) < 4.78 is 33.3. The van der Waals surface area contributed by atoms with Gasteiger partial charge in [-0.25, -0.2) is 8.42 Å². The average Bonchev–Trinajstić information content (AvgIpc) is 3.11. The minimum Gasteiger partial charge on any atom is -0.368 e. The lowest BCUT2D eigenvalue weighted by Gasteiger charge is -2.12. The minimum atomic E-state index is -3.66. The van der Waals surface area contributed by atoms with E-state index in [9.17, 15) is 13.2 Å². The van der Waals surface area contributed by atoms with Crippen LogP contribution in [0.1, 0.15) is 12.8 Å².